The van der Waals surface area contributed by atoms with E-state index in [-0.39, 0.29) is 5.90 Å². The number of terminal acetylenes is 1. The third kappa shape index (κ3) is 6.36. The van der Waals surface area contributed by atoms with Crippen LogP contribution in [0.15, 0.2) is 82.7 Å². The summed E-state index contributed by atoms with van der Waals surface area (Å²) in [6, 6.07) is 19.7. The first-order chi connectivity index (χ1) is 12.3. The summed E-state index contributed by atoms with van der Waals surface area (Å²) in [5.41, 5.74) is 2.08. The molecule has 2 aromatic rings. The minimum absolute atomic E-state index is 0.286. The number of rotatable bonds is 7. The Morgan fingerprint density at radius 1 is 0.960 bits per heavy atom. The fraction of sp³-hybridized carbons (Fsp3) is 0.143. The van der Waals surface area contributed by atoms with Crippen LogP contribution in [0, 0.1) is 12.3 Å². The van der Waals surface area contributed by atoms with Gasteiger partial charge in [0.1, 0.15) is 13.2 Å². The minimum Gasteiger partial charge on any atom is -0.484 e. The number of ether oxygens (including phenoxy) is 2. The average molecular weight is 332 g/mol. The van der Waals surface area contributed by atoms with Crippen LogP contribution in [0.1, 0.15) is 18.1 Å². The van der Waals surface area contributed by atoms with E-state index in [1.807, 2.05) is 67.6 Å². The van der Waals surface area contributed by atoms with E-state index in [0.717, 1.165) is 11.1 Å². The van der Waals surface area contributed by atoms with Crippen LogP contribution in [0.5, 0.6) is 0 Å². The second-order valence-corrected chi connectivity index (χ2v) is 5.02. The number of allylic oxidation sites excluding steroid dienone is 1. The van der Waals surface area contributed by atoms with Crippen LogP contribution in [-0.4, -0.2) is 12.1 Å². The molecular formula is C21H20N2O2. The molecule has 0 N–H and O–H groups in total. The summed E-state index contributed by atoms with van der Waals surface area (Å²) in [6.07, 6.45) is 8.22. The largest absolute Gasteiger partial charge is 0.484 e. The number of benzene rings is 2. The SMILES string of the molecule is C#C/C=N/N=C(OCc1ccccc1)\C(=C/C)OCc1ccccc1. The van der Waals surface area contributed by atoms with Crippen molar-refractivity contribution >= 4 is 12.1 Å². The number of hydrogen-bond acceptors (Lipinski definition) is 4. The molecule has 4 nitrogen and oxygen atoms in total. The maximum absolute atomic E-state index is 5.84. The van der Waals surface area contributed by atoms with E-state index in [9.17, 15) is 0 Å². The van der Waals surface area contributed by atoms with Gasteiger partial charge in [0, 0.05) is 0 Å². The normalized spacial score (nSPS) is 12.0. The van der Waals surface area contributed by atoms with Crippen LogP contribution in [0.3, 0.4) is 0 Å². The third-order valence-electron chi connectivity index (χ3n) is 3.21. The van der Waals surface area contributed by atoms with E-state index in [2.05, 4.69) is 16.1 Å². The lowest BCUT2D eigenvalue weighted by atomic mass is 10.2. The molecule has 0 bridgehead atoms. The Bertz CT molecular complexity index is 773. The van der Waals surface area contributed by atoms with Gasteiger partial charge in [-0.25, -0.2) is 0 Å². The predicted octanol–water partition coefficient (Wildman–Crippen LogP) is 4.34. The van der Waals surface area contributed by atoms with Gasteiger partial charge in [0.15, 0.2) is 5.76 Å². The van der Waals surface area contributed by atoms with Gasteiger partial charge < -0.3 is 9.47 Å². The van der Waals surface area contributed by atoms with Crippen molar-refractivity contribution in [2.24, 2.45) is 10.2 Å². The van der Waals surface area contributed by atoms with Gasteiger partial charge in [0.25, 0.3) is 5.90 Å². The van der Waals surface area contributed by atoms with Crippen molar-refractivity contribution < 1.29 is 9.47 Å². The van der Waals surface area contributed by atoms with Crippen molar-refractivity contribution in [1.29, 1.82) is 0 Å². The van der Waals surface area contributed by atoms with E-state index in [1.54, 1.807) is 6.08 Å². The Labute approximate surface area is 148 Å². The lowest BCUT2D eigenvalue weighted by Crippen LogP contribution is -2.11. The fourth-order valence-electron chi connectivity index (χ4n) is 1.99. The van der Waals surface area contributed by atoms with E-state index in [0.29, 0.717) is 19.0 Å². The van der Waals surface area contributed by atoms with Crippen LogP contribution in [0.2, 0.25) is 0 Å². The molecule has 0 aliphatic rings. The van der Waals surface area contributed by atoms with Crippen LogP contribution in [-0.2, 0) is 22.7 Å². The zero-order valence-corrected chi connectivity index (χ0v) is 14.1. The molecule has 0 saturated heterocycles. The van der Waals surface area contributed by atoms with Crippen molar-refractivity contribution in [2.75, 3.05) is 0 Å². The number of hydrogen-bond donors (Lipinski definition) is 0. The van der Waals surface area contributed by atoms with Gasteiger partial charge in [-0.05, 0) is 24.1 Å². The highest BCUT2D eigenvalue weighted by atomic mass is 16.5. The molecule has 0 saturated carbocycles. The van der Waals surface area contributed by atoms with Crippen molar-refractivity contribution in [3.63, 3.8) is 0 Å². The summed E-state index contributed by atoms with van der Waals surface area (Å²) in [4.78, 5) is 0. The Kier molecular flexibility index (Phi) is 7.54. The first-order valence-electron chi connectivity index (χ1n) is 7.89. The van der Waals surface area contributed by atoms with Crippen LogP contribution >= 0.6 is 0 Å². The summed E-state index contributed by atoms with van der Waals surface area (Å²) in [7, 11) is 0. The second kappa shape index (κ2) is 10.5. The summed E-state index contributed by atoms with van der Waals surface area (Å²) in [6.45, 7) is 2.62. The molecule has 0 radical (unpaired) electrons. The summed E-state index contributed by atoms with van der Waals surface area (Å²) in [5.74, 6) is 3.09. The predicted molar refractivity (Wildman–Crippen MR) is 101 cm³/mol. The van der Waals surface area contributed by atoms with Crippen molar-refractivity contribution in [1.82, 2.24) is 0 Å². The highest BCUT2D eigenvalue weighted by molar-refractivity contribution is 5.92. The molecule has 0 aliphatic carbocycles. The van der Waals surface area contributed by atoms with E-state index < -0.39 is 0 Å². The quantitative estimate of drug-likeness (QED) is 0.249. The smallest absolute Gasteiger partial charge is 0.276 e. The standard InChI is InChI=1S/C21H20N2O2/c1-3-15-22-23-21(25-17-19-13-9-6-10-14-19)20(4-2)24-16-18-11-7-5-8-12-18/h1,4-15H,16-17H2,2H3/b20-4+,22-15+,23-21+. The van der Waals surface area contributed by atoms with Crippen LogP contribution < -0.4 is 0 Å². The maximum Gasteiger partial charge on any atom is 0.276 e. The molecule has 0 atom stereocenters. The fourth-order valence-corrected chi connectivity index (χ4v) is 1.99. The highest BCUT2D eigenvalue weighted by Gasteiger charge is 2.11. The molecule has 2 rings (SSSR count). The summed E-state index contributed by atoms with van der Waals surface area (Å²) < 4.78 is 11.6. The molecule has 4 heteroatoms. The molecule has 0 fully saturated rings. The molecule has 0 spiro atoms. The molecule has 2 aromatic carbocycles. The van der Waals surface area contributed by atoms with E-state index in [1.165, 1.54) is 6.21 Å². The highest BCUT2D eigenvalue weighted by Crippen LogP contribution is 2.11. The second-order valence-electron chi connectivity index (χ2n) is 5.02. The zero-order valence-electron chi connectivity index (χ0n) is 14.1. The van der Waals surface area contributed by atoms with Gasteiger partial charge in [0.2, 0.25) is 0 Å². The lowest BCUT2D eigenvalue weighted by Gasteiger charge is -2.13. The summed E-state index contributed by atoms with van der Waals surface area (Å²) >= 11 is 0. The Morgan fingerprint density at radius 3 is 2.04 bits per heavy atom. The zero-order chi connectivity index (χ0) is 17.7. The number of nitrogens with zero attached hydrogens (tertiary/aromatic N) is 2. The third-order valence-corrected chi connectivity index (χ3v) is 3.21. The van der Waals surface area contributed by atoms with Crippen molar-refractivity contribution in [3.8, 4) is 12.3 Å². The van der Waals surface area contributed by atoms with Gasteiger partial charge in [-0.2, -0.15) is 0 Å². The van der Waals surface area contributed by atoms with Gasteiger partial charge >= 0.3 is 0 Å². The monoisotopic (exact) mass is 332 g/mol. The van der Waals surface area contributed by atoms with Gasteiger partial charge in [-0.1, -0.05) is 66.6 Å². The van der Waals surface area contributed by atoms with Gasteiger partial charge in [-0.3, -0.25) is 0 Å². The van der Waals surface area contributed by atoms with Gasteiger partial charge in [-0.15, -0.1) is 16.6 Å². The Balaban J connectivity index is 2.07. The first-order valence-corrected chi connectivity index (χ1v) is 7.89. The van der Waals surface area contributed by atoms with E-state index >= 15 is 0 Å². The molecule has 0 unspecified atom stereocenters. The molecule has 0 amide bonds. The molecule has 0 aliphatic heterocycles. The summed E-state index contributed by atoms with van der Waals surface area (Å²) in [5, 5.41) is 7.85. The average Bonchev–Trinajstić information content (AvgIpc) is 2.67. The maximum atomic E-state index is 5.84. The topological polar surface area (TPSA) is 43.2 Å². The Morgan fingerprint density at radius 2 is 1.52 bits per heavy atom. The minimum atomic E-state index is 0.286. The first kappa shape index (κ1) is 18.0. The molecule has 25 heavy (non-hydrogen) atoms. The van der Waals surface area contributed by atoms with Gasteiger partial charge in [0.05, 0.1) is 6.21 Å². The van der Waals surface area contributed by atoms with E-state index in [4.69, 9.17) is 15.9 Å². The van der Waals surface area contributed by atoms with Crippen LogP contribution in [0.4, 0.5) is 0 Å². The lowest BCUT2D eigenvalue weighted by molar-refractivity contribution is 0.191. The molecule has 126 valence electrons. The van der Waals surface area contributed by atoms with Crippen molar-refractivity contribution in [3.05, 3.63) is 83.6 Å². The molecule has 0 heterocycles. The van der Waals surface area contributed by atoms with Crippen molar-refractivity contribution in [2.45, 2.75) is 20.1 Å². The van der Waals surface area contributed by atoms with Crippen LogP contribution in [0.25, 0.3) is 0 Å². The molecule has 0 aromatic heterocycles. The molecular weight excluding hydrogens is 312 g/mol. The Hall–Kier alpha value is -3.32.